The van der Waals surface area contributed by atoms with Gasteiger partial charge in [-0.3, -0.25) is 29.8 Å². The average Bonchev–Trinajstić information content (AvgIpc) is 3.00. The maximum absolute atomic E-state index is 13.4. The Morgan fingerprint density at radius 2 is 0.953 bits per heavy atom. The van der Waals surface area contributed by atoms with Crippen molar-refractivity contribution in [2.45, 2.75) is 84.0 Å². The number of hydrogen-bond donors (Lipinski definition) is 2. The first-order chi connectivity index (χ1) is 20.9. The van der Waals surface area contributed by atoms with Gasteiger partial charge in [-0.25, -0.2) is 0 Å². The van der Waals surface area contributed by atoms with Crippen LogP contribution >= 0.6 is 0 Å². The number of carbonyl (C=O) groups excluding carboxylic acids is 4. The van der Waals surface area contributed by atoms with E-state index in [0.29, 0.717) is 33.0 Å². The molecule has 5 aromatic carbocycles. The molecule has 0 aliphatic carbocycles. The van der Waals surface area contributed by atoms with Crippen LogP contribution in [0.5, 0.6) is 0 Å². The van der Waals surface area contributed by atoms with Gasteiger partial charge in [0, 0.05) is 33.0 Å². The molecule has 7 rings (SSSR count). The van der Waals surface area contributed by atoms with Crippen LogP contribution in [0.25, 0.3) is 43.1 Å². The lowest BCUT2D eigenvalue weighted by molar-refractivity contribution is 0.0828. The summed E-state index contributed by atoms with van der Waals surface area (Å²) in [6.45, 7) is 4.44. The third kappa shape index (κ3) is 4.21. The van der Waals surface area contributed by atoms with Crippen molar-refractivity contribution >= 4 is 66.7 Å². The maximum Gasteiger partial charge on any atom is 0.258 e. The fourth-order valence-corrected chi connectivity index (χ4v) is 7.66. The van der Waals surface area contributed by atoms with Gasteiger partial charge in [0.1, 0.15) is 0 Å². The predicted molar refractivity (Wildman–Crippen MR) is 172 cm³/mol. The van der Waals surface area contributed by atoms with Crippen molar-refractivity contribution in [3.05, 3.63) is 70.3 Å². The second-order valence-electron chi connectivity index (χ2n) is 12.3. The van der Waals surface area contributed by atoms with E-state index < -0.39 is 0 Å². The molecular weight excluding hydrogens is 536 g/mol. The summed E-state index contributed by atoms with van der Waals surface area (Å²) in [5.74, 6) is -1.26. The predicted octanol–water partition coefficient (Wildman–Crippen LogP) is 8.53. The van der Waals surface area contributed by atoms with Crippen molar-refractivity contribution in [2.75, 3.05) is 0 Å². The highest BCUT2D eigenvalue weighted by molar-refractivity contribution is 6.41. The van der Waals surface area contributed by atoms with E-state index in [2.05, 4.69) is 30.5 Å². The number of imide groups is 2. The standard InChI is InChI=1S/C37H36N2O4/c1-3-5-7-9-11-20(12-10-8-6-4-2)27-19-28-32-26(36(42)39-37(28)43)17-14-22-21-13-16-24-31-25(35(41)38-34(24)40)18-15-23(29(21)31)30(27)33(22)32/h13-20H,3-12H2,1-2H3,(H,38,40,41)(H,39,42,43). The van der Waals surface area contributed by atoms with Crippen LogP contribution in [0.15, 0.2) is 42.5 Å². The summed E-state index contributed by atoms with van der Waals surface area (Å²) >= 11 is 0. The van der Waals surface area contributed by atoms with Crippen LogP contribution in [-0.2, 0) is 0 Å². The molecule has 0 fully saturated rings. The van der Waals surface area contributed by atoms with Gasteiger partial charge in [-0.2, -0.15) is 0 Å². The molecular formula is C37H36N2O4. The molecule has 0 saturated heterocycles. The molecule has 0 saturated carbocycles. The Morgan fingerprint density at radius 1 is 0.488 bits per heavy atom. The SMILES string of the molecule is CCCCCCC(CCCCCC)c1cc2c3c(ccc4c5ccc6c7c(ccc(c1c34)c75)C(=O)NC6=O)C(=O)NC2=O. The van der Waals surface area contributed by atoms with E-state index in [1.807, 2.05) is 24.3 Å². The molecule has 43 heavy (non-hydrogen) atoms. The minimum absolute atomic E-state index is 0.239. The first kappa shape index (κ1) is 27.5. The van der Waals surface area contributed by atoms with Crippen molar-refractivity contribution in [1.29, 1.82) is 0 Å². The Balaban J connectivity index is 1.59. The Labute approximate surface area is 250 Å². The highest BCUT2D eigenvalue weighted by Crippen LogP contribution is 2.48. The summed E-state index contributed by atoms with van der Waals surface area (Å²) in [7, 11) is 0. The molecule has 2 N–H and O–H groups in total. The van der Waals surface area contributed by atoms with Gasteiger partial charge in [-0.15, -0.1) is 0 Å². The Bertz CT molecular complexity index is 1960. The number of nitrogens with one attached hydrogen (secondary N) is 2. The van der Waals surface area contributed by atoms with E-state index in [0.717, 1.165) is 63.6 Å². The van der Waals surface area contributed by atoms with Crippen LogP contribution in [0, 0.1) is 0 Å². The first-order valence-corrected chi connectivity index (χ1v) is 15.9. The minimum Gasteiger partial charge on any atom is -0.288 e. The third-order valence-electron chi connectivity index (χ3n) is 9.72. The quantitative estimate of drug-likeness (QED) is 0.0718. The van der Waals surface area contributed by atoms with Gasteiger partial charge in [0.25, 0.3) is 23.6 Å². The van der Waals surface area contributed by atoms with E-state index in [1.165, 1.54) is 38.5 Å². The van der Waals surface area contributed by atoms with Crippen molar-refractivity contribution in [1.82, 2.24) is 10.6 Å². The van der Waals surface area contributed by atoms with E-state index in [-0.39, 0.29) is 29.5 Å². The van der Waals surface area contributed by atoms with Crippen molar-refractivity contribution in [3.8, 4) is 0 Å². The highest BCUT2D eigenvalue weighted by Gasteiger charge is 2.33. The number of fused-ring (bicyclic) bond motifs is 2. The van der Waals surface area contributed by atoms with Gasteiger partial charge in [0.15, 0.2) is 0 Å². The average molecular weight is 573 g/mol. The van der Waals surface area contributed by atoms with E-state index in [9.17, 15) is 19.2 Å². The number of benzene rings is 5. The Morgan fingerprint density at radius 3 is 1.49 bits per heavy atom. The molecule has 0 spiro atoms. The molecule has 2 aliphatic rings. The van der Waals surface area contributed by atoms with Crippen LogP contribution in [0.3, 0.4) is 0 Å². The van der Waals surface area contributed by atoms with Crippen LogP contribution in [-0.4, -0.2) is 23.6 Å². The summed E-state index contributed by atoms with van der Waals surface area (Å²) in [5.41, 5.74) is 3.19. The molecule has 4 amide bonds. The summed E-state index contributed by atoms with van der Waals surface area (Å²) < 4.78 is 0. The van der Waals surface area contributed by atoms with Gasteiger partial charge in [0.05, 0.1) is 0 Å². The molecule has 0 atom stereocenters. The fraction of sp³-hybridized carbons (Fsp3) is 0.351. The summed E-state index contributed by atoms with van der Waals surface area (Å²) in [6.07, 6.45) is 11.3. The van der Waals surface area contributed by atoms with Gasteiger partial charge in [-0.05, 0) is 80.9 Å². The molecule has 218 valence electrons. The molecule has 0 bridgehead atoms. The lowest BCUT2D eigenvalue weighted by Gasteiger charge is -2.28. The van der Waals surface area contributed by atoms with Crippen LogP contribution in [0.1, 0.15) is 131 Å². The van der Waals surface area contributed by atoms with Gasteiger partial charge in [0.2, 0.25) is 0 Å². The smallest absolute Gasteiger partial charge is 0.258 e. The molecule has 5 aromatic rings. The summed E-state index contributed by atoms with van der Waals surface area (Å²) in [4.78, 5) is 52.4. The first-order valence-electron chi connectivity index (χ1n) is 15.9. The number of rotatable bonds is 11. The summed E-state index contributed by atoms with van der Waals surface area (Å²) in [6, 6.07) is 13.4. The second kappa shape index (κ2) is 10.7. The van der Waals surface area contributed by atoms with Gasteiger partial charge in [-0.1, -0.05) is 83.4 Å². The minimum atomic E-state index is -0.385. The van der Waals surface area contributed by atoms with Gasteiger partial charge >= 0.3 is 0 Å². The highest BCUT2D eigenvalue weighted by atomic mass is 16.2. The monoisotopic (exact) mass is 572 g/mol. The number of unbranched alkanes of at least 4 members (excludes halogenated alkanes) is 6. The van der Waals surface area contributed by atoms with Crippen molar-refractivity contribution < 1.29 is 19.2 Å². The van der Waals surface area contributed by atoms with Crippen LogP contribution < -0.4 is 10.6 Å². The molecule has 0 radical (unpaired) electrons. The molecule has 6 nitrogen and oxygen atoms in total. The lowest BCUT2D eigenvalue weighted by Crippen LogP contribution is -2.35. The zero-order chi connectivity index (χ0) is 29.8. The topological polar surface area (TPSA) is 92.3 Å². The molecule has 6 heteroatoms. The molecule has 2 heterocycles. The van der Waals surface area contributed by atoms with Crippen molar-refractivity contribution in [3.63, 3.8) is 0 Å². The van der Waals surface area contributed by atoms with Crippen LogP contribution in [0.4, 0.5) is 0 Å². The number of hydrogen-bond acceptors (Lipinski definition) is 4. The van der Waals surface area contributed by atoms with E-state index >= 15 is 0 Å². The third-order valence-corrected chi connectivity index (χ3v) is 9.72. The largest absolute Gasteiger partial charge is 0.288 e. The van der Waals surface area contributed by atoms with E-state index in [4.69, 9.17) is 0 Å². The van der Waals surface area contributed by atoms with E-state index in [1.54, 1.807) is 12.1 Å². The molecule has 2 aliphatic heterocycles. The van der Waals surface area contributed by atoms with Crippen LogP contribution in [0.2, 0.25) is 0 Å². The zero-order valence-corrected chi connectivity index (χ0v) is 24.8. The second-order valence-corrected chi connectivity index (χ2v) is 12.3. The molecule has 0 unspecified atom stereocenters. The normalized spacial score (nSPS) is 14.6. The van der Waals surface area contributed by atoms with Gasteiger partial charge < -0.3 is 0 Å². The number of carbonyl (C=O) groups is 4. The Kier molecular flexibility index (Phi) is 6.88. The zero-order valence-electron chi connectivity index (χ0n) is 24.8. The summed E-state index contributed by atoms with van der Waals surface area (Å²) in [5, 5.41) is 12.1. The lowest BCUT2D eigenvalue weighted by atomic mass is 9.77. The van der Waals surface area contributed by atoms with Crippen molar-refractivity contribution in [2.24, 2.45) is 0 Å². The molecule has 0 aromatic heterocycles. The fourth-order valence-electron chi connectivity index (χ4n) is 7.66. The number of amides is 4. The maximum atomic E-state index is 13.4. The Hall–Kier alpha value is -4.32.